The van der Waals surface area contributed by atoms with Crippen LogP contribution in [0.2, 0.25) is 0 Å². The Morgan fingerprint density at radius 1 is 0.697 bits per heavy atom. The lowest BCUT2D eigenvalue weighted by Gasteiger charge is -2.29. The van der Waals surface area contributed by atoms with E-state index in [4.69, 9.17) is 4.74 Å². The quantitative estimate of drug-likeness (QED) is 0.0786. The van der Waals surface area contributed by atoms with Crippen molar-refractivity contribution in [2.45, 2.75) is 76.2 Å². The summed E-state index contributed by atoms with van der Waals surface area (Å²) in [6.07, 6.45) is -0.184. The van der Waals surface area contributed by atoms with Crippen molar-refractivity contribution in [3.63, 3.8) is 0 Å². The maximum absolute atomic E-state index is 14.2. The molecule has 0 spiro atoms. The van der Waals surface area contributed by atoms with Gasteiger partial charge >= 0.3 is 12.2 Å². The topological polar surface area (TPSA) is 223 Å². The highest BCUT2D eigenvalue weighted by Gasteiger charge is 2.40. The minimum absolute atomic E-state index is 0.290. The number of nitrogens with one attached hydrogen (secondary N) is 5. The molecule has 2 unspecified atom stereocenters. The fraction of sp³-hybridized carbons (Fsp3) is 0.327. The van der Waals surface area contributed by atoms with Gasteiger partial charge in [0.2, 0.25) is 11.8 Å². The van der Waals surface area contributed by atoms with Crippen LogP contribution in [0.1, 0.15) is 80.0 Å². The molecule has 66 heavy (non-hydrogen) atoms. The van der Waals surface area contributed by atoms with Crippen LogP contribution >= 0.6 is 0 Å². The Hall–Kier alpha value is -7.69. The number of H-pyrrole nitrogens is 1. The number of carbonyl (C=O) groups is 7. The van der Waals surface area contributed by atoms with E-state index in [-0.39, 0.29) is 12.5 Å². The molecule has 4 atom stereocenters. The van der Waals surface area contributed by atoms with Crippen LogP contribution < -0.4 is 21.3 Å². The Bertz CT molecular complexity index is 2630. The highest BCUT2D eigenvalue weighted by Crippen LogP contribution is 2.35. The van der Waals surface area contributed by atoms with Crippen LogP contribution in [0, 0.1) is 0 Å². The monoisotopic (exact) mass is 898 g/mol. The van der Waals surface area contributed by atoms with Crippen LogP contribution in [-0.2, 0) is 23.9 Å². The van der Waals surface area contributed by atoms with Crippen LogP contribution in [-0.4, -0.2) is 111 Å². The van der Waals surface area contributed by atoms with Crippen molar-refractivity contribution in [1.82, 2.24) is 30.3 Å². The number of fused-ring (bicyclic) bond motifs is 1. The van der Waals surface area contributed by atoms with Gasteiger partial charge in [0.15, 0.2) is 0 Å². The maximum atomic E-state index is 14.2. The fourth-order valence-corrected chi connectivity index (χ4v) is 8.46. The lowest BCUT2D eigenvalue weighted by atomic mass is 10.0. The van der Waals surface area contributed by atoms with Gasteiger partial charge in [-0.05, 0) is 93.5 Å². The molecule has 5 aromatic rings. The van der Waals surface area contributed by atoms with Gasteiger partial charge < -0.3 is 50.8 Å². The summed E-state index contributed by atoms with van der Waals surface area (Å²) in [5.74, 6) is -2.10. The molecule has 3 heterocycles. The van der Waals surface area contributed by atoms with Gasteiger partial charge in [0.25, 0.3) is 17.7 Å². The van der Waals surface area contributed by atoms with Crippen molar-refractivity contribution in [3.8, 4) is 11.3 Å². The standard InChI is InChI=1S/C49H54N8O9/c1-49(2,3)66-48(65)54-41(30-16-10-7-11-17-30)46(62)57-27-13-19-37(57)43(59)51-33-24-25-35-34(28-33)38(44(60)55(4)5)39(52-35)31-20-22-32(23-21-31)50-42(58)36-18-12-26-56(36)45(61)40(53-47(63)64)29-14-8-6-9-15-29/h6-11,14-17,20-25,28,36-37,40-41,52-53H,12-13,18-19,26-27H2,1-5H3,(H,50,58)(H,51,59)(H,54,65)(H,63,64)/t36-,37-,40?,41?/m0/s1. The average molecular weight is 899 g/mol. The summed E-state index contributed by atoms with van der Waals surface area (Å²) in [5.41, 5.74) is 3.18. The van der Waals surface area contributed by atoms with E-state index in [2.05, 4.69) is 26.3 Å². The highest BCUT2D eigenvalue weighted by molar-refractivity contribution is 6.13. The first kappa shape index (κ1) is 46.3. The molecule has 344 valence electrons. The molecule has 2 aliphatic heterocycles. The molecule has 6 N–H and O–H groups in total. The zero-order chi connectivity index (χ0) is 47.3. The number of anilines is 2. The third-order valence-electron chi connectivity index (χ3n) is 11.5. The summed E-state index contributed by atoms with van der Waals surface area (Å²) in [4.78, 5) is 102. The van der Waals surface area contributed by atoms with E-state index < -0.39 is 65.6 Å². The fourth-order valence-electron chi connectivity index (χ4n) is 8.46. The summed E-state index contributed by atoms with van der Waals surface area (Å²) in [6, 6.07) is 25.4. The van der Waals surface area contributed by atoms with Crippen LogP contribution in [0.25, 0.3) is 22.2 Å². The van der Waals surface area contributed by atoms with Gasteiger partial charge in [-0.2, -0.15) is 0 Å². The number of hydrogen-bond acceptors (Lipinski definition) is 8. The second kappa shape index (κ2) is 19.6. The zero-order valence-electron chi connectivity index (χ0n) is 37.4. The number of aromatic nitrogens is 1. The second-order valence-corrected chi connectivity index (χ2v) is 17.6. The van der Waals surface area contributed by atoms with Crippen molar-refractivity contribution in [2.24, 2.45) is 0 Å². The molecule has 1 aromatic heterocycles. The molecule has 7 rings (SSSR count). The predicted molar refractivity (Wildman–Crippen MR) is 247 cm³/mol. The summed E-state index contributed by atoms with van der Waals surface area (Å²) in [6.45, 7) is 5.78. The molecule has 0 bridgehead atoms. The number of amides is 7. The first-order valence-corrected chi connectivity index (χ1v) is 21.8. The number of aromatic amines is 1. The molecular weight excluding hydrogens is 845 g/mol. The Morgan fingerprint density at radius 3 is 1.70 bits per heavy atom. The first-order valence-electron chi connectivity index (χ1n) is 21.8. The van der Waals surface area contributed by atoms with E-state index in [0.717, 1.165) is 0 Å². The average Bonchev–Trinajstić information content (AvgIpc) is 4.07. The predicted octanol–water partition coefficient (Wildman–Crippen LogP) is 6.67. The maximum Gasteiger partial charge on any atom is 0.408 e. The van der Waals surface area contributed by atoms with Crippen LogP contribution in [0.4, 0.5) is 21.0 Å². The summed E-state index contributed by atoms with van der Waals surface area (Å²) in [7, 11) is 3.27. The van der Waals surface area contributed by atoms with Gasteiger partial charge in [0, 0.05) is 49.5 Å². The van der Waals surface area contributed by atoms with Crippen molar-refractivity contribution in [2.75, 3.05) is 37.8 Å². The number of rotatable bonds is 12. The summed E-state index contributed by atoms with van der Waals surface area (Å²) < 4.78 is 5.46. The number of ether oxygens (including phenoxy) is 1. The minimum atomic E-state index is -1.36. The molecule has 0 radical (unpaired) electrons. The Labute approximate surface area is 381 Å². The lowest BCUT2D eigenvalue weighted by molar-refractivity contribution is -0.138. The van der Waals surface area contributed by atoms with Gasteiger partial charge in [-0.25, -0.2) is 9.59 Å². The van der Waals surface area contributed by atoms with Crippen molar-refractivity contribution in [3.05, 3.63) is 120 Å². The third-order valence-corrected chi connectivity index (χ3v) is 11.5. The number of likely N-dealkylation sites (tertiary alicyclic amines) is 2. The Morgan fingerprint density at radius 2 is 1.20 bits per heavy atom. The molecule has 2 aliphatic rings. The molecule has 0 aliphatic carbocycles. The number of benzene rings is 4. The smallest absolute Gasteiger partial charge is 0.408 e. The number of nitrogens with zero attached hydrogens (tertiary/aromatic N) is 3. The van der Waals surface area contributed by atoms with E-state index in [1.807, 2.05) is 0 Å². The largest absolute Gasteiger partial charge is 0.465 e. The third kappa shape index (κ3) is 10.5. The Balaban J connectivity index is 1.08. The molecule has 7 amide bonds. The molecule has 0 saturated carbocycles. The number of hydrogen-bond donors (Lipinski definition) is 6. The highest BCUT2D eigenvalue weighted by atomic mass is 16.6. The van der Waals surface area contributed by atoms with Gasteiger partial charge in [0.05, 0.1) is 11.3 Å². The first-order chi connectivity index (χ1) is 31.5. The molecule has 4 aromatic carbocycles. The van der Waals surface area contributed by atoms with Crippen LogP contribution in [0.3, 0.4) is 0 Å². The van der Waals surface area contributed by atoms with Gasteiger partial charge in [-0.1, -0.05) is 72.8 Å². The van der Waals surface area contributed by atoms with E-state index in [0.29, 0.717) is 82.5 Å². The summed E-state index contributed by atoms with van der Waals surface area (Å²) >= 11 is 0. The molecule has 17 nitrogen and oxygen atoms in total. The lowest BCUT2D eigenvalue weighted by Crippen LogP contribution is -2.49. The zero-order valence-corrected chi connectivity index (χ0v) is 37.4. The molecule has 2 fully saturated rings. The van der Waals surface area contributed by atoms with E-state index in [9.17, 15) is 38.7 Å². The van der Waals surface area contributed by atoms with E-state index in [1.165, 1.54) is 14.7 Å². The number of alkyl carbamates (subject to hydrolysis) is 1. The molecule has 17 heteroatoms. The van der Waals surface area contributed by atoms with Crippen molar-refractivity contribution >= 4 is 64.0 Å². The molecular formula is C49H54N8O9. The van der Waals surface area contributed by atoms with E-state index >= 15 is 0 Å². The van der Waals surface area contributed by atoms with Crippen LogP contribution in [0.15, 0.2) is 103 Å². The van der Waals surface area contributed by atoms with Crippen LogP contribution in [0.5, 0.6) is 0 Å². The molecule has 2 saturated heterocycles. The normalized spacial score (nSPS) is 16.8. The van der Waals surface area contributed by atoms with E-state index in [1.54, 1.807) is 138 Å². The van der Waals surface area contributed by atoms with Gasteiger partial charge in [0.1, 0.15) is 29.8 Å². The van der Waals surface area contributed by atoms with Gasteiger partial charge in [-0.3, -0.25) is 24.0 Å². The second-order valence-electron chi connectivity index (χ2n) is 17.6. The number of carbonyl (C=O) groups excluding carboxylic acids is 6. The summed E-state index contributed by atoms with van der Waals surface area (Å²) in [5, 5.41) is 20.9. The minimum Gasteiger partial charge on any atom is -0.465 e. The Kier molecular flexibility index (Phi) is 13.7. The number of carboxylic acid groups (broad SMARTS) is 1. The van der Waals surface area contributed by atoms with Crippen molar-refractivity contribution in [1.29, 1.82) is 0 Å². The van der Waals surface area contributed by atoms with Gasteiger partial charge in [-0.15, -0.1) is 0 Å². The van der Waals surface area contributed by atoms with Crippen molar-refractivity contribution < 1.29 is 43.4 Å². The SMILES string of the molecule is CN(C)C(=O)c1c(-c2ccc(NC(=O)[C@@H]3CCCN3C(=O)C(NC(=O)O)c3ccccc3)cc2)[nH]c2ccc(NC(=O)[C@@H]3CCCN3C(=O)C(NC(=O)OC(C)(C)C)c3ccccc3)cc12.